The number of rotatable bonds is 2. The predicted molar refractivity (Wildman–Crippen MR) is 105 cm³/mol. The number of benzene rings is 4. The van der Waals surface area contributed by atoms with Gasteiger partial charge in [-0.1, -0.05) is 101 Å². The molecule has 0 aliphatic carbocycles. The molecule has 0 atom stereocenters. The van der Waals surface area contributed by atoms with E-state index in [1.165, 1.54) is 27.1 Å². The highest BCUT2D eigenvalue weighted by Crippen LogP contribution is 2.49. The first-order chi connectivity index (χ1) is 11.3. The van der Waals surface area contributed by atoms with Gasteiger partial charge in [-0.2, -0.15) is 0 Å². The molecule has 4 aromatic rings. The average Bonchev–Trinajstić information content (AvgIpc) is 2.60. The quantitative estimate of drug-likeness (QED) is 0.337. The van der Waals surface area contributed by atoms with E-state index in [9.17, 15) is 0 Å². The van der Waals surface area contributed by atoms with E-state index in [-0.39, 0.29) is 0 Å². The number of fused-ring (bicyclic) bond motifs is 2. The second kappa shape index (κ2) is 6.13. The van der Waals surface area contributed by atoms with E-state index in [2.05, 4.69) is 78.9 Å². The molecule has 0 fully saturated rings. The van der Waals surface area contributed by atoms with Crippen molar-refractivity contribution in [3.63, 3.8) is 0 Å². The van der Waals surface area contributed by atoms with E-state index in [1.54, 1.807) is 0 Å². The third-order valence-corrected chi connectivity index (χ3v) is 5.98. The van der Waals surface area contributed by atoms with Crippen molar-refractivity contribution < 1.29 is 0 Å². The molecule has 0 spiro atoms. The molecule has 0 nitrogen and oxygen atoms in total. The molecule has 0 aliphatic heterocycles. The minimum absolute atomic E-state index is 1.01. The fourth-order valence-corrected chi connectivity index (χ4v) is 4.57. The summed E-state index contributed by atoms with van der Waals surface area (Å²) in [4.78, 5) is 0. The Hall–Kier alpha value is -1.59. The van der Waals surface area contributed by atoms with Crippen LogP contribution in [-0.4, -0.2) is 0 Å². The minimum atomic E-state index is -1.22. The summed E-state index contributed by atoms with van der Waals surface area (Å²) in [5.41, 5.74) is 2.33. The summed E-state index contributed by atoms with van der Waals surface area (Å²) in [5, 5.41) is 5.84. The Morgan fingerprint density at radius 2 is 1.17 bits per heavy atom. The Labute approximate surface area is 146 Å². The summed E-state index contributed by atoms with van der Waals surface area (Å²) in [6.45, 7) is -1.22. The van der Waals surface area contributed by atoms with E-state index in [4.69, 9.17) is 22.5 Å². The van der Waals surface area contributed by atoms with Gasteiger partial charge in [0.05, 0.1) is 0 Å². The lowest BCUT2D eigenvalue weighted by molar-refractivity contribution is 1.71. The summed E-state index contributed by atoms with van der Waals surface area (Å²) in [5.74, 6) is 0. The van der Waals surface area contributed by atoms with Crippen molar-refractivity contribution in [3.05, 3.63) is 78.9 Å². The van der Waals surface area contributed by atoms with Gasteiger partial charge >= 0.3 is 0 Å². The molecule has 0 saturated carbocycles. The zero-order valence-electron chi connectivity index (χ0n) is 12.2. The number of hydrogen-bond donors (Lipinski definition) is 0. The first kappa shape index (κ1) is 15.0. The summed E-state index contributed by atoms with van der Waals surface area (Å²) in [6, 6.07) is 27.3. The van der Waals surface area contributed by atoms with Crippen LogP contribution in [0.1, 0.15) is 0 Å². The van der Waals surface area contributed by atoms with Crippen LogP contribution in [0.4, 0.5) is 0 Å². The van der Waals surface area contributed by atoms with Gasteiger partial charge in [-0.3, -0.25) is 0 Å². The molecule has 0 saturated heterocycles. The lowest BCUT2D eigenvalue weighted by Gasteiger charge is -2.16. The van der Waals surface area contributed by atoms with Crippen LogP contribution < -0.4 is 5.30 Å². The van der Waals surface area contributed by atoms with Crippen molar-refractivity contribution in [1.29, 1.82) is 0 Å². The molecule has 4 aromatic carbocycles. The molecular weight excluding hydrogens is 342 g/mol. The molecule has 0 aromatic heterocycles. The fraction of sp³-hybridized carbons (Fsp3) is 0. The second-order valence-corrected chi connectivity index (χ2v) is 8.94. The minimum Gasteiger partial charge on any atom is -0.0727 e. The zero-order valence-corrected chi connectivity index (χ0v) is 14.6. The van der Waals surface area contributed by atoms with Crippen molar-refractivity contribution in [3.8, 4) is 11.1 Å². The SMILES string of the molecule is ClP(Cl)c1ccc2ccccc2c1-c1cccc2ccccc12. The summed E-state index contributed by atoms with van der Waals surface area (Å²) in [6.07, 6.45) is 0. The molecule has 0 bridgehead atoms. The van der Waals surface area contributed by atoms with Gasteiger partial charge < -0.3 is 0 Å². The van der Waals surface area contributed by atoms with Crippen LogP contribution in [0, 0.1) is 0 Å². The smallest absolute Gasteiger partial charge is 0.0727 e. The van der Waals surface area contributed by atoms with Crippen LogP contribution in [0.2, 0.25) is 0 Å². The van der Waals surface area contributed by atoms with Crippen molar-refractivity contribution in [1.82, 2.24) is 0 Å². The fourth-order valence-electron chi connectivity index (χ4n) is 3.13. The van der Waals surface area contributed by atoms with Crippen LogP contribution in [-0.2, 0) is 0 Å². The number of hydrogen-bond acceptors (Lipinski definition) is 0. The molecule has 0 N–H and O–H groups in total. The average molecular weight is 355 g/mol. The molecule has 0 aliphatic rings. The standard InChI is InChI=1S/C20H13Cl2P/c21-23(22)19-13-12-15-7-2-4-10-17(15)20(19)18-11-5-8-14-6-1-3-9-16(14)18/h1-13H. The summed E-state index contributed by atoms with van der Waals surface area (Å²) in [7, 11) is 0. The normalized spacial score (nSPS) is 11.4. The molecule has 3 heteroatoms. The van der Waals surface area contributed by atoms with Crippen LogP contribution in [0.15, 0.2) is 78.9 Å². The second-order valence-electron chi connectivity index (χ2n) is 5.44. The maximum atomic E-state index is 6.34. The van der Waals surface area contributed by atoms with E-state index in [1.807, 2.05) is 0 Å². The van der Waals surface area contributed by atoms with Gasteiger partial charge in [-0.25, -0.2) is 0 Å². The zero-order chi connectivity index (χ0) is 15.8. The summed E-state index contributed by atoms with van der Waals surface area (Å²) >= 11 is 12.7. The first-order valence-electron chi connectivity index (χ1n) is 7.37. The van der Waals surface area contributed by atoms with E-state index in [0.717, 1.165) is 10.9 Å². The van der Waals surface area contributed by atoms with Crippen molar-refractivity contribution in [2.45, 2.75) is 0 Å². The van der Waals surface area contributed by atoms with Gasteiger partial charge in [0, 0.05) is 10.9 Å². The molecule has 4 rings (SSSR count). The monoisotopic (exact) mass is 354 g/mol. The molecule has 0 heterocycles. The van der Waals surface area contributed by atoms with Gasteiger partial charge in [-0.05, 0) is 27.1 Å². The lowest BCUT2D eigenvalue weighted by atomic mass is 9.94. The van der Waals surface area contributed by atoms with Gasteiger partial charge in [0.15, 0.2) is 0 Å². The van der Waals surface area contributed by atoms with Gasteiger partial charge in [0.2, 0.25) is 0 Å². The summed E-state index contributed by atoms with van der Waals surface area (Å²) < 4.78 is 0. The Morgan fingerprint density at radius 3 is 1.91 bits per heavy atom. The first-order valence-corrected chi connectivity index (χ1v) is 10.5. The predicted octanol–water partition coefficient (Wildman–Crippen LogP) is 7.07. The highest BCUT2D eigenvalue weighted by atomic mass is 35.9. The maximum absolute atomic E-state index is 6.34. The van der Waals surface area contributed by atoms with Gasteiger partial charge in [-0.15, -0.1) is 0 Å². The third kappa shape index (κ3) is 2.62. The highest BCUT2D eigenvalue weighted by Gasteiger charge is 2.16. The van der Waals surface area contributed by atoms with Crippen molar-refractivity contribution in [2.24, 2.45) is 0 Å². The Balaban J connectivity index is 2.17. The molecule has 0 amide bonds. The van der Waals surface area contributed by atoms with Crippen molar-refractivity contribution in [2.75, 3.05) is 0 Å². The molecular formula is C20H13Cl2P. The molecule has 23 heavy (non-hydrogen) atoms. The van der Waals surface area contributed by atoms with Crippen LogP contribution in [0.3, 0.4) is 0 Å². The highest BCUT2D eigenvalue weighted by molar-refractivity contribution is 8.09. The van der Waals surface area contributed by atoms with E-state index in [0.29, 0.717) is 0 Å². The molecule has 112 valence electrons. The Kier molecular flexibility index (Phi) is 3.99. The van der Waals surface area contributed by atoms with Crippen LogP contribution in [0.5, 0.6) is 0 Å². The van der Waals surface area contributed by atoms with Gasteiger partial charge in [0.1, 0.15) is 6.63 Å². The lowest BCUT2D eigenvalue weighted by Crippen LogP contribution is -2.02. The Morgan fingerprint density at radius 1 is 0.565 bits per heavy atom. The molecule has 0 unspecified atom stereocenters. The van der Waals surface area contributed by atoms with Gasteiger partial charge in [0.25, 0.3) is 0 Å². The van der Waals surface area contributed by atoms with E-state index >= 15 is 0 Å². The maximum Gasteiger partial charge on any atom is 0.117 e. The van der Waals surface area contributed by atoms with Crippen molar-refractivity contribution >= 4 is 56.0 Å². The van der Waals surface area contributed by atoms with Crippen LogP contribution >= 0.6 is 29.1 Å². The van der Waals surface area contributed by atoms with E-state index < -0.39 is 6.63 Å². The van der Waals surface area contributed by atoms with Crippen LogP contribution in [0.25, 0.3) is 32.7 Å². The third-order valence-electron chi connectivity index (χ3n) is 4.15. The molecule has 0 radical (unpaired) electrons. The number of halogens is 2. The largest absolute Gasteiger partial charge is 0.117 e. The topological polar surface area (TPSA) is 0 Å². The Bertz CT molecular complexity index is 1000.